The van der Waals surface area contributed by atoms with Crippen LogP contribution in [0, 0.1) is 11.6 Å². The van der Waals surface area contributed by atoms with Crippen LogP contribution in [0.15, 0.2) is 54.9 Å². The average Bonchev–Trinajstić information content (AvgIpc) is 2.67. The third-order valence-electron chi connectivity index (χ3n) is 4.11. The summed E-state index contributed by atoms with van der Waals surface area (Å²) in [7, 11) is 3.71. The molecule has 0 amide bonds. The van der Waals surface area contributed by atoms with Crippen molar-refractivity contribution in [2.45, 2.75) is 0 Å². The molecule has 0 saturated carbocycles. The van der Waals surface area contributed by atoms with Gasteiger partial charge in [-0.25, -0.2) is 28.7 Å². The maximum absolute atomic E-state index is 13.4. The highest BCUT2D eigenvalue weighted by Gasteiger charge is 2.17. The van der Waals surface area contributed by atoms with Crippen LogP contribution >= 0.6 is 0 Å². The topological polar surface area (TPSA) is 54.8 Å². The van der Waals surface area contributed by atoms with Gasteiger partial charge in [0.1, 0.15) is 18.0 Å². The molecule has 0 radical (unpaired) electrons. The Labute approximate surface area is 154 Å². The van der Waals surface area contributed by atoms with Crippen molar-refractivity contribution < 1.29 is 8.78 Å². The summed E-state index contributed by atoms with van der Waals surface area (Å²) in [6, 6.07) is 12.0. The highest BCUT2D eigenvalue weighted by atomic mass is 19.1. The lowest BCUT2D eigenvalue weighted by molar-refractivity contribution is 0.627. The van der Waals surface area contributed by atoms with E-state index in [0.717, 1.165) is 0 Å². The van der Waals surface area contributed by atoms with E-state index in [1.165, 1.54) is 30.6 Å². The molecule has 0 aliphatic rings. The van der Waals surface area contributed by atoms with Gasteiger partial charge in [0.05, 0.1) is 11.4 Å². The van der Waals surface area contributed by atoms with Crippen LogP contribution in [0.1, 0.15) is 0 Å². The smallest absolute Gasteiger partial charge is 0.184 e. The molecule has 2 heterocycles. The highest BCUT2D eigenvalue weighted by Crippen LogP contribution is 2.32. The van der Waals surface area contributed by atoms with Gasteiger partial charge in [0, 0.05) is 25.2 Å². The van der Waals surface area contributed by atoms with Gasteiger partial charge in [0.2, 0.25) is 0 Å². The standard InChI is InChI=1S/C20H15F2N5/c1-27(2)20-18-19(23-11-24-20)26-17(13-5-9-15(22)10-6-13)16(25-18)12-3-7-14(21)8-4-12/h3-11H,1-2H3. The Morgan fingerprint density at radius 1 is 0.704 bits per heavy atom. The molecule has 0 saturated heterocycles. The largest absolute Gasteiger partial charge is 0.361 e. The van der Waals surface area contributed by atoms with Crippen LogP contribution in [0.5, 0.6) is 0 Å². The summed E-state index contributed by atoms with van der Waals surface area (Å²) in [4.78, 5) is 19.7. The molecule has 0 aliphatic heterocycles. The first-order valence-corrected chi connectivity index (χ1v) is 8.25. The summed E-state index contributed by atoms with van der Waals surface area (Å²) in [6.45, 7) is 0. The van der Waals surface area contributed by atoms with Gasteiger partial charge in [-0.3, -0.25) is 0 Å². The SMILES string of the molecule is CN(C)c1ncnc2nc(-c3ccc(F)cc3)c(-c3ccc(F)cc3)nc12. The Hall–Kier alpha value is -3.48. The van der Waals surface area contributed by atoms with Crippen LogP contribution in [0.25, 0.3) is 33.7 Å². The quantitative estimate of drug-likeness (QED) is 0.549. The van der Waals surface area contributed by atoms with E-state index >= 15 is 0 Å². The molecule has 4 rings (SSSR count). The first kappa shape index (κ1) is 17.0. The minimum atomic E-state index is -0.340. The second-order valence-electron chi connectivity index (χ2n) is 6.20. The summed E-state index contributed by atoms with van der Waals surface area (Å²) < 4.78 is 26.8. The number of rotatable bonds is 3. The van der Waals surface area contributed by atoms with Gasteiger partial charge in [-0.2, -0.15) is 0 Å². The summed E-state index contributed by atoms with van der Waals surface area (Å²) in [5.41, 5.74) is 3.44. The van der Waals surface area contributed by atoms with E-state index in [9.17, 15) is 8.78 Å². The van der Waals surface area contributed by atoms with Crippen molar-refractivity contribution in [3.63, 3.8) is 0 Å². The maximum atomic E-state index is 13.4. The monoisotopic (exact) mass is 363 g/mol. The molecule has 0 unspecified atom stereocenters. The van der Waals surface area contributed by atoms with Crippen molar-refractivity contribution >= 4 is 17.0 Å². The zero-order valence-electron chi connectivity index (χ0n) is 14.7. The number of fused-ring (bicyclic) bond motifs is 1. The van der Waals surface area contributed by atoms with E-state index in [1.807, 2.05) is 19.0 Å². The van der Waals surface area contributed by atoms with Crippen LogP contribution in [-0.2, 0) is 0 Å². The zero-order chi connectivity index (χ0) is 19.0. The van der Waals surface area contributed by atoms with Crippen molar-refractivity contribution in [2.75, 3.05) is 19.0 Å². The number of aromatic nitrogens is 4. The van der Waals surface area contributed by atoms with Crippen molar-refractivity contribution in [1.29, 1.82) is 0 Å². The molecule has 5 nitrogen and oxygen atoms in total. The summed E-state index contributed by atoms with van der Waals surface area (Å²) in [5, 5.41) is 0. The Kier molecular flexibility index (Phi) is 4.19. The molecule has 0 spiro atoms. The number of hydrogen-bond donors (Lipinski definition) is 0. The predicted molar refractivity (Wildman–Crippen MR) is 100 cm³/mol. The number of nitrogens with zero attached hydrogens (tertiary/aromatic N) is 5. The van der Waals surface area contributed by atoms with Crippen LogP contribution in [-0.4, -0.2) is 34.0 Å². The number of hydrogen-bond acceptors (Lipinski definition) is 5. The number of benzene rings is 2. The van der Waals surface area contributed by atoms with E-state index in [2.05, 4.69) is 15.0 Å². The van der Waals surface area contributed by atoms with Gasteiger partial charge >= 0.3 is 0 Å². The lowest BCUT2D eigenvalue weighted by Gasteiger charge is -2.15. The highest BCUT2D eigenvalue weighted by molar-refractivity contribution is 5.89. The normalized spacial score (nSPS) is 11.0. The van der Waals surface area contributed by atoms with Crippen molar-refractivity contribution in [3.8, 4) is 22.5 Å². The number of halogens is 2. The van der Waals surface area contributed by atoms with Crippen molar-refractivity contribution in [1.82, 2.24) is 19.9 Å². The molecule has 7 heteroatoms. The van der Waals surface area contributed by atoms with Gasteiger partial charge in [0.15, 0.2) is 17.0 Å². The molecule has 0 N–H and O–H groups in total. The third kappa shape index (κ3) is 3.19. The fourth-order valence-corrected chi connectivity index (χ4v) is 2.81. The van der Waals surface area contributed by atoms with Crippen molar-refractivity contribution in [3.05, 3.63) is 66.5 Å². The van der Waals surface area contributed by atoms with E-state index in [1.54, 1.807) is 24.3 Å². The second kappa shape index (κ2) is 6.68. The maximum Gasteiger partial charge on any atom is 0.184 e. The third-order valence-corrected chi connectivity index (χ3v) is 4.11. The molecule has 4 aromatic rings. The molecule has 27 heavy (non-hydrogen) atoms. The minimum Gasteiger partial charge on any atom is -0.361 e. The van der Waals surface area contributed by atoms with E-state index in [0.29, 0.717) is 39.5 Å². The van der Waals surface area contributed by atoms with Gasteiger partial charge in [-0.1, -0.05) is 0 Å². The molecule has 0 bridgehead atoms. The molecule has 0 aliphatic carbocycles. The van der Waals surface area contributed by atoms with E-state index in [4.69, 9.17) is 4.98 Å². The fourth-order valence-electron chi connectivity index (χ4n) is 2.81. The minimum absolute atomic E-state index is 0.340. The first-order chi connectivity index (χ1) is 13.0. The summed E-state index contributed by atoms with van der Waals surface area (Å²) >= 11 is 0. The first-order valence-electron chi connectivity index (χ1n) is 8.25. The lowest BCUT2D eigenvalue weighted by atomic mass is 10.0. The Morgan fingerprint density at radius 3 is 1.74 bits per heavy atom. The molecular formula is C20H15F2N5. The van der Waals surface area contributed by atoms with Crippen LogP contribution in [0.4, 0.5) is 14.6 Å². The number of anilines is 1. The molecular weight excluding hydrogens is 348 g/mol. The Balaban J connectivity index is 2.03. The zero-order valence-corrected chi connectivity index (χ0v) is 14.7. The van der Waals surface area contributed by atoms with E-state index < -0.39 is 0 Å². The average molecular weight is 363 g/mol. The van der Waals surface area contributed by atoms with E-state index in [-0.39, 0.29) is 11.6 Å². The summed E-state index contributed by atoms with van der Waals surface area (Å²) in [6.07, 6.45) is 1.43. The van der Waals surface area contributed by atoms with Gasteiger partial charge in [-0.15, -0.1) is 0 Å². The molecule has 2 aromatic heterocycles. The van der Waals surface area contributed by atoms with Gasteiger partial charge in [0.25, 0.3) is 0 Å². The Morgan fingerprint density at radius 2 is 1.22 bits per heavy atom. The predicted octanol–water partition coefficient (Wildman–Crippen LogP) is 4.10. The molecule has 2 aromatic carbocycles. The van der Waals surface area contributed by atoms with Crippen molar-refractivity contribution in [2.24, 2.45) is 0 Å². The van der Waals surface area contributed by atoms with Crippen LogP contribution in [0.2, 0.25) is 0 Å². The second-order valence-corrected chi connectivity index (χ2v) is 6.20. The lowest BCUT2D eigenvalue weighted by Crippen LogP contribution is -2.12. The molecule has 0 fully saturated rings. The van der Waals surface area contributed by atoms with Gasteiger partial charge < -0.3 is 4.90 Å². The summed E-state index contributed by atoms with van der Waals surface area (Å²) in [5.74, 6) is -0.0530. The fraction of sp³-hybridized carbons (Fsp3) is 0.100. The van der Waals surface area contributed by atoms with Crippen LogP contribution < -0.4 is 4.90 Å². The Bertz CT molecular complexity index is 1110. The van der Waals surface area contributed by atoms with Gasteiger partial charge in [-0.05, 0) is 48.5 Å². The van der Waals surface area contributed by atoms with Crippen LogP contribution in [0.3, 0.4) is 0 Å². The molecule has 134 valence electrons. The molecule has 0 atom stereocenters.